The molecule has 21 heavy (non-hydrogen) atoms. The van der Waals surface area contributed by atoms with E-state index >= 15 is 0 Å². The van der Waals surface area contributed by atoms with E-state index in [0.717, 1.165) is 18.9 Å². The van der Waals surface area contributed by atoms with E-state index in [2.05, 4.69) is 58.0 Å². The summed E-state index contributed by atoms with van der Waals surface area (Å²) in [6.07, 6.45) is 0. The third-order valence-electron chi connectivity index (χ3n) is 3.81. The standard InChI is InChI=1S/C15H18ClN5/c1-10-8-20(2)12-6-4-3-5-11(12)9-21(10)14-7-13(16)18-15(17)19-14/h3-7,10H,8-9H2,1-2H3,(H2,17,18,19). The molecule has 2 heterocycles. The minimum absolute atomic E-state index is 0.204. The number of nitrogens with two attached hydrogens (primary N) is 1. The first kappa shape index (κ1) is 13.9. The zero-order valence-corrected chi connectivity index (χ0v) is 12.9. The third kappa shape index (κ3) is 2.74. The summed E-state index contributed by atoms with van der Waals surface area (Å²) in [6, 6.07) is 10.5. The van der Waals surface area contributed by atoms with Crippen LogP contribution in [0.4, 0.5) is 17.5 Å². The fourth-order valence-electron chi connectivity index (χ4n) is 2.83. The Hall–Kier alpha value is -2.01. The SMILES string of the molecule is CC1CN(C)c2ccccc2CN1c1cc(Cl)nc(N)n1. The minimum Gasteiger partial charge on any atom is -0.372 e. The molecule has 0 amide bonds. The maximum absolute atomic E-state index is 6.02. The number of rotatable bonds is 1. The van der Waals surface area contributed by atoms with Crippen LogP contribution < -0.4 is 15.5 Å². The lowest BCUT2D eigenvalue weighted by molar-refractivity contribution is 0.636. The molecule has 0 spiro atoms. The van der Waals surface area contributed by atoms with Crippen LogP contribution in [0.1, 0.15) is 12.5 Å². The van der Waals surface area contributed by atoms with Gasteiger partial charge in [0.1, 0.15) is 11.0 Å². The lowest BCUT2D eigenvalue weighted by Crippen LogP contribution is -2.38. The molecule has 0 saturated heterocycles. The van der Waals surface area contributed by atoms with Crippen molar-refractivity contribution in [2.45, 2.75) is 19.5 Å². The first-order valence-corrected chi connectivity index (χ1v) is 7.28. The molecule has 1 aliphatic heterocycles. The van der Waals surface area contributed by atoms with Crippen molar-refractivity contribution in [2.24, 2.45) is 0 Å². The number of para-hydroxylation sites is 1. The molecule has 0 bridgehead atoms. The highest BCUT2D eigenvalue weighted by molar-refractivity contribution is 6.29. The van der Waals surface area contributed by atoms with E-state index in [-0.39, 0.29) is 12.0 Å². The number of nitrogens with zero attached hydrogens (tertiary/aromatic N) is 4. The summed E-state index contributed by atoms with van der Waals surface area (Å²) in [7, 11) is 2.11. The molecule has 0 saturated carbocycles. The van der Waals surface area contributed by atoms with Gasteiger partial charge in [-0.1, -0.05) is 29.8 Å². The van der Waals surface area contributed by atoms with Crippen LogP contribution in [0, 0.1) is 0 Å². The van der Waals surface area contributed by atoms with Crippen molar-refractivity contribution in [3.05, 3.63) is 41.0 Å². The van der Waals surface area contributed by atoms with Crippen LogP contribution in [0.3, 0.4) is 0 Å². The van der Waals surface area contributed by atoms with E-state index in [1.807, 2.05) is 0 Å². The number of hydrogen-bond donors (Lipinski definition) is 1. The van der Waals surface area contributed by atoms with Crippen molar-refractivity contribution in [3.8, 4) is 0 Å². The summed E-state index contributed by atoms with van der Waals surface area (Å²) in [5.74, 6) is 0.973. The fourth-order valence-corrected chi connectivity index (χ4v) is 3.01. The monoisotopic (exact) mass is 303 g/mol. The van der Waals surface area contributed by atoms with Crippen LogP contribution >= 0.6 is 11.6 Å². The van der Waals surface area contributed by atoms with Crippen LogP contribution in [-0.2, 0) is 6.54 Å². The zero-order valence-electron chi connectivity index (χ0n) is 12.1. The van der Waals surface area contributed by atoms with Crippen LogP contribution in [-0.4, -0.2) is 29.6 Å². The molecule has 2 aromatic rings. The Bertz CT molecular complexity index is 640. The van der Waals surface area contributed by atoms with Crippen molar-refractivity contribution in [3.63, 3.8) is 0 Å². The van der Waals surface area contributed by atoms with Gasteiger partial charge in [0.25, 0.3) is 0 Å². The Kier molecular flexibility index (Phi) is 3.59. The summed E-state index contributed by atoms with van der Waals surface area (Å²) in [5, 5.41) is 0.371. The van der Waals surface area contributed by atoms with Gasteiger partial charge in [0.15, 0.2) is 0 Å². The summed E-state index contributed by atoms with van der Waals surface area (Å²) < 4.78 is 0. The number of hydrogen-bond acceptors (Lipinski definition) is 5. The number of benzene rings is 1. The first-order chi connectivity index (χ1) is 10.0. The largest absolute Gasteiger partial charge is 0.372 e. The number of likely N-dealkylation sites (N-methyl/N-ethyl adjacent to an activating group) is 1. The number of halogens is 1. The molecule has 1 aromatic carbocycles. The predicted molar refractivity (Wildman–Crippen MR) is 86.8 cm³/mol. The molecule has 0 aliphatic carbocycles. The summed E-state index contributed by atoms with van der Waals surface area (Å²) in [4.78, 5) is 12.8. The number of fused-ring (bicyclic) bond motifs is 1. The Morgan fingerprint density at radius 1 is 1.29 bits per heavy atom. The highest BCUT2D eigenvalue weighted by Crippen LogP contribution is 2.29. The summed E-state index contributed by atoms with van der Waals surface area (Å²) in [6.45, 7) is 3.85. The fraction of sp³-hybridized carbons (Fsp3) is 0.333. The Labute approximate surface area is 129 Å². The summed E-state index contributed by atoms with van der Waals surface area (Å²) in [5.41, 5.74) is 8.24. The molecule has 6 heteroatoms. The van der Waals surface area contributed by atoms with E-state index in [1.54, 1.807) is 6.07 Å². The second-order valence-corrected chi connectivity index (χ2v) is 5.78. The highest BCUT2D eigenvalue weighted by Gasteiger charge is 2.24. The van der Waals surface area contributed by atoms with Gasteiger partial charge in [0, 0.05) is 37.9 Å². The number of nitrogen functional groups attached to an aromatic ring is 1. The van der Waals surface area contributed by atoms with E-state index in [9.17, 15) is 0 Å². The van der Waals surface area contributed by atoms with Crippen molar-refractivity contribution in [2.75, 3.05) is 29.1 Å². The third-order valence-corrected chi connectivity index (χ3v) is 4.00. The van der Waals surface area contributed by atoms with Gasteiger partial charge in [-0.15, -0.1) is 0 Å². The van der Waals surface area contributed by atoms with E-state index < -0.39 is 0 Å². The van der Waals surface area contributed by atoms with E-state index in [1.165, 1.54) is 11.3 Å². The van der Waals surface area contributed by atoms with Crippen LogP contribution in [0.2, 0.25) is 5.15 Å². The van der Waals surface area contributed by atoms with Crippen LogP contribution in [0.5, 0.6) is 0 Å². The van der Waals surface area contributed by atoms with Gasteiger partial charge in [-0.3, -0.25) is 0 Å². The van der Waals surface area contributed by atoms with Crippen molar-refractivity contribution >= 4 is 29.1 Å². The Morgan fingerprint density at radius 2 is 2.05 bits per heavy atom. The molecule has 0 fully saturated rings. The average molecular weight is 304 g/mol. The Balaban J connectivity index is 2.03. The van der Waals surface area contributed by atoms with Gasteiger partial charge in [0.2, 0.25) is 5.95 Å². The highest BCUT2D eigenvalue weighted by atomic mass is 35.5. The first-order valence-electron chi connectivity index (χ1n) is 6.90. The lowest BCUT2D eigenvalue weighted by atomic mass is 10.1. The molecular formula is C15H18ClN5. The maximum atomic E-state index is 6.02. The molecule has 0 radical (unpaired) electrons. The van der Waals surface area contributed by atoms with Gasteiger partial charge in [-0.2, -0.15) is 4.98 Å². The van der Waals surface area contributed by atoms with Gasteiger partial charge in [0.05, 0.1) is 0 Å². The molecule has 1 atom stereocenters. The molecule has 110 valence electrons. The second-order valence-electron chi connectivity index (χ2n) is 5.39. The van der Waals surface area contributed by atoms with E-state index in [0.29, 0.717) is 5.15 Å². The molecular weight excluding hydrogens is 286 g/mol. The normalized spacial score (nSPS) is 18.3. The molecule has 1 unspecified atom stereocenters. The predicted octanol–water partition coefficient (Wildman–Crippen LogP) is 2.56. The Morgan fingerprint density at radius 3 is 2.81 bits per heavy atom. The zero-order chi connectivity index (χ0) is 15.0. The molecule has 3 rings (SSSR count). The van der Waals surface area contributed by atoms with Gasteiger partial charge in [-0.05, 0) is 18.6 Å². The molecule has 5 nitrogen and oxygen atoms in total. The van der Waals surface area contributed by atoms with Crippen LogP contribution in [0.15, 0.2) is 30.3 Å². The van der Waals surface area contributed by atoms with Gasteiger partial charge >= 0.3 is 0 Å². The minimum atomic E-state index is 0.204. The van der Waals surface area contributed by atoms with Crippen molar-refractivity contribution < 1.29 is 0 Å². The maximum Gasteiger partial charge on any atom is 0.223 e. The van der Waals surface area contributed by atoms with Crippen LogP contribution in [0.25, 0.3) is 0 Å². The van der Waals surface area contributed by atoms with Gasteiger partial charge < -0.3 is 15.5 Å². The smallest absolute Gasteiger partial charge is 0.223 e. The van der Waals surface area contributed by atoms with Crippen molar-refractivity contribution in [1.82, 2.24) is 9.97 Å². The average Bonchev–Trinajstić information content (AvgIpc) is 2.55. The second kappa shape index (κ2) is 5.41. The molecule has 1 aromatic heterocycles. The molecule has 2 N–H and O–H groups in total. The van der Waals surface area contributed by atoms with Crippen molar-refractivity contribution in [1.29, 1.82) is 0 Å². The molecule has 1 aliphatic rings. The summed E-state index contributed by atoms with van der Waals surface area (Å²) >= 11 is 6.02. The lowest BCUT2D eigenvalue weighted by Gasteiger charge is -2.29. The quantitative estimate of drug-likeness (QED) is 0.821. The number of anilines is 3. The number of aromatic nitrogens is 2. The van der Waals surface area contributed by atoms with E-state index in [4.69, 9.17) is 17.3 Å². The van der Waals surface area contributed by atoms with Gasteiger partial charge in [-0.25, -0.2) is 4.98 Å². The topological polar surface area (TPSA) is 58.3 Å².